The Bertz CT molecular complexity index is 1170. The van der Waals surface area contributed by atoms with Gasteiger partial charge in [-0.3, -0.25) is 9.59 Å². The molecule has 0 saturated heterocycles. The van der Waals surface area contributed by atoms with Crippen molar-refractivity contribution >= 4 is 27.3 Å². The molecule has 0 unspecified atom stereocenters. The first kappa shape index (κ1) is 22.2. The SMILES string of the molecule is CS(=O)(=O)c1ccc(NC(=O)[C@H](Cc2ccccc2)NC(=O)c2ccc(F)cc2)cc1.[HH].[HH]. The second kappa shape index (κ2) is 9.53. The summed E-state index contributed by atoms with van der Waals surface area (Å²) in [6, 6.07) is 19.1. The summed E-state index contributed by atoms with van der Waals surface area (Å²) >= 11 is 0. The van der Waals surface area contributed by atoms with Crippen LogP contribution >= 0.6 is 0 Å². The molecule has 0 spiro atoms. The van der Waals surface area contributed by atoms with Crippen molar-refractivity contribution in [2.75, 3.05) is 11.6 Å². The third kappa shape index (κ3) is 6.23. The first-order valence-corrected chi connectivity index (χ1v) is 11.3. The number of carbonyl (C=O) groups excluding carboxylic acids is 2. The predicted molar refractivity (Wildman–Crippen MR) is 120 cm³/mol. The zero-order valence-corrected chi connectivity index (χ0v) is 17.5. The van der Waals surface area contributed by atoms with Crippen molar-refractivity contribution in [3.63, 3.8) is 0 Å². The van der Waals surface area contributed by atoms with Crippen molar-refractivity contribution in [1.82, 2.24) is 5.32 Å². The standard InChI is InChI=1S/C23H21FN2O4S.2H2/c1-31(29,30)20-13-11-19(12-14-20)25-23(28)21(15-16-5-3-2-4-6-16)26-22(27)17-7-9-18(24)10-8-17;;/h2-14,21H,15H2,1H3,(H,25,28)(H,26,27);2*1H/t21-;;/m0../s1. The van der Waals surface area contributed by atoms with E-state index in [1.165, 1.54) is 48.5 Å². The van der Waals surface area contributed by atoms with Crippen LogP contribution in [0.1, 0.15) is 18.8 Å². The molecule has 0 bridgehead atoms. The van der Waals surface area contributed by atoms with Crippen LogP contribution in [0.2, 0.25) is 0 Å². The van der Waals surface area contributed by atoms with Crippen LogP contribution in [0, 0.1) is 5.82 Å². The lowest BCUT2D eigenvalue weighted by Gasteiger charge is -2.19. The number of halogens is 1. The van der Waals surface area contributed by atoms with Crippen molar-refractivity contribution in [1.29, 1.82) is 0 Å². The van der Waals surface area contributed by atoms with E-state index < -0.39 is 33.5 Å². The molecule has 3 rings (SSSR count). The summed E-state index contributed by atoms with van der Waals surface area (Å²) < 4.78 is 36.3. The average molecular weight is 445 g/mol. The highest BCUT2D eigenvalue weighted by Gasteiger charge is 2.22. The molecule has 0 aliphatic heterocycles. The number of amides is 2. The molecule has 6 nitrogen and oxygen atoms in total. The number of rotatable bonds is 7. The molecular formula is C23H25FN2O4S. The van der Waals surface area contributed by atoms with Crippen LogP contribution in [0.4, 0.5) is 10.1 Å². The van der Waals surface area contributed by atoms with E-state index in [4.69, 9.17) is 0 Å². The van der Waals surface area contributed by atoms with Gasteiger partial charge in [0.05, 0.1) is 4.90 Å². The molecule has 2 amide bonds. The molecular weight excluding hydrogens is 419 g/mol. The van der Waals surface area contributed by atoms with Gasteiger partial charge in [-0.1, -0.05) is 30.3 Å². The summed E-state index contributed by atoms with van der Waals surface area (Å²) in [7, 11) is -3.35. The first-order chi connectivity index (χ1) is 14.7. The Morgan fingerprint density at radius 2 is 1.55 bits per heavy atom. The van der Waals surface area contributed by atoms with E-state index >= 15 is 0 Å². The quantitative estimate of drug-likeness (QED) is 0.581. The van der Waals surface area contributed by atoms with Crippen LogP contribution in [-0.2, 0) is 21.1 Å². The van der Waals surface area contributed by atoms with Gasteiger partial charge in [-0.05, 0) is 54.1 Å². The van der Waals surface area contributed by atoms with E-state index in [1.54, 1.807) is 0 Å². The van der Waals surface area contributed by atoms with E-state index in [9.17, 15) is 22.4 Å². The molecule has 3 aromatic carbocycles. The Kier molecular flexibility index (Phi) is 6.81. The van der Waals surface area contributed by atoms with E-state index in [0.29, 0.717) is 5.69 Å². The Morgan fingerprint density at radius 1 is 0.935 bits per heavy atom. The third-order valence-corrected chi connectivity index (χ3v) is 5.69. The predicted octanol–water partition coefficient (Wildman–Crippen LogP) is 3.70. The second-order valence-corrected chi connectivity index (χ2v) is 9.02. The van der Waals surface area contributed by atoms with Crippen molar-refractivity contribution in [2.45, 2.75) is 17.4 Å². The summed E-state index contributed by atoms with van der Waals surface area (Å²) in [6.45, 7) is 0. The molecule has 0 saturated carbocycles. The minimum absolute atomic E-state index is 0. The van der Waals surface area contributed by atoms with Gasteiger partial charge in [-0.15, -0.1) is 0 Å². The molecule has 0 heterocycles. The molecule has 0 radical (unpaired) electrons. The molecule has 0 aromatic heterocycles. The van der Waals surface area contributed by atoms with Gasteiger partial charge in [0.2, 0.25) is 5.91 Å². The summed E-state index contributed by atoms with van der Waals surface area (Å²) in [5, 5.41) is 5.39. The molecule has 0 aliphatic rings. The first-order valence-electron chi connectivity index (χ1n) is 9.44. The van der Waals surface area contributed by atoms with Gasteiger partial charge in [0.15, 0.2) is 9.84 Å². The van der Waals surface area contributed by atoms with Gasteiger partial charge in [0, 0.05) is 26.8 Å². The highest BCUT2D eigenvalue weighted by atomic mass is 32.2. The van der Waals surface area contributed by atoms with Gasteiger partial charge >= 0.3 is 0 Å². The van der Waals surface area contributed by atoms with Gasteiger partial charge in [0.1, 0.15) is 11.9 Å². The zero-order valence-electron chi connectivity index (χ0n) is 16.7. The summed E-state index contributed by atoms with van der Waals surface area (Å²) in [5.74, 6) is -1.44. The summed E-state index contributed by atoms with van der Waals surface area (Å²) in [6.07, 6.45) is 1.34. The van der Waals surface area contributed by atoms with Crippen molar-refractivity contribution in [2.24, 2.45) is 0 Å². The van der Waals surface area contributed by atoms with Crippen LogP contribution in [0.15, 0.2) is 83.8 Å². The van der Waals surface area contributed by atoms with E-state index in [1.807, 2.05) is 30.3 Å². The molecule has 1 atom stereocenters. The molecule has 3 aromatic rings. The molecule has 2 N–H and O–H groups in total. The van der Waals surface area contributed by atoms with Crippen LogP contribution in [0.3, 0.4) is 0 Å². The van der Waals surface area contributed by atoms with Crippen LogP contribution in [0.5, 0.6) is 0 Å². The minimum atomic E-state index is -3.35. The fourth-order valence-corrected chi connectivity index (χ4v) is 3.55. The smallest absolute Gasteiger partial charge is 0.251 e. The monoisotopic (exact) mass is 444 g/mol. The van der Waals surface area contributed by atoms with E-state index in [-0.39, 0.29) is 19.7 Å². The zero-order chi connectivity index (χ0) is 22.4. The fraction of sp³-hybridized carbons (Fsp3) is 0.130. The van der Waals surface area contributed by atoms with Crippen molar-refractivity contribution in [3.05, 3.63) is 95.8 Å². The number of sulfone groups is 1. The van der Waals surface area contributed by atoms with Crippen LogP contribution < -0.4 is 10.6 Å². The van der Waals surface area contributed by atoms with Crippen LogP contribution in [0.25, 0.3) is 0 Å². The number of benzene rings is 3. The van der Waals surface area contributed by atoms with Crippen LogP contribution in [-0.4, -0.2) is 32.5 Å². The second-order valence-electron chi connectivity index (χ2n) is 7.01. The molecule has 31 heavy (non-hydrogen) atoms. The Morgan fingerprint density at radius 3 is 2.13 bits per heavy atom. The molecule has 0 aliphatic carbocycles. The highest BCUT2D eigenvalue weighted by Crippen LogP contribution is 2.15. The van der Waals surface area contributed by atoms with E-state index in [0.717, 1.165) is 11.8 Å². The van der Waals surface area contributed by atoms with Gasteiger partial charge in [-0.2, -0.15) is 0 Å². The molecule has 164 valence electrons. The van der Waals surface area contributed by atoms with Gasteiger partial charge in [-0.25, -0.2) is 12.8 Å². The largest absolute Gasteiger partial charge is 0.340 e. The number of hydrogen-bond donors (Lipinski definition) is 2. The number of nitrogens with one attached hydrogen (secondary N) is 2. The lowest BCUT2D eigenvalue weighted by molar-refractivity contribution is -0.118. The number of carbonyl (C=O) groups is 2. The Hall–Kier alpha value is -3.52. The van der Waals surface area contributed by atoms with Crippen molar-refractivity contribution < 1.29 is 25.3 Å². The topological polar surface area (TPSA) is 92.3 Å². The fourth-order valence-electron chi connectivity index (χ4n) is 2.92. The van der Waals surface area contributed by atoms with E-state index in [2.05, 4.69) is 10.6 Å². The number of hydrogen-bond acceptors (Lipinski definition) is 4. The Labute approximate surface area is 183 Å². The average Bonchev–Trinajstić information content (AvgIpc) is 2.74. The van der Waals surface area contributed by atoms with Crippen molar-refractivity contribution in [3.8, 4) is 0 Å². The third-order valence-electron chi connectivity index (χ3n) is 4.56. The summed E-state index contributed by atoms with van der Waals surface area (Å²) in [5.41, 5.74) is 1.46. The number of anilines is 1. The lowest BCUT2D eigenvalue weighted by atomic mass is 10.0. The van der Waals surface area contributed by atoms with Gasteiger partial charge in [0.25, 0.3) is 5.91 Å². The maximum atomic E-state index is 13.1. The lowest BCUT2D eigenvalue weighted by Crippen LogP contribution is -2.45. The maximum Gasteiger partial charge on any atom is 0.251 e. The highest BCUT2D eigenvalue weighted by molar-refractivity contribution is 7.90. The molecule has 8 heteroatoms. The Balaban J connectivity index is 0.00000272. The normalized spacial score (nSPS) is 12.1. The summed E-state index contributed by atoms with van der Waals surface area (Å²) in [4.78, 5) is 25.6. The molecule has 0 fully saturated rings. The minimum Gasteiger partial charge on any atom is -0.340 e. The maximum absolute atomic E-state index is 13.1. The van der Waals surface area contributed by atoms with Gasteiger partial charge < -0.3 is 10.6 Å².